The largest absolute Gasteiger partial charge is 0.441 e. The van der Waals surface area contributed by atoms with Crippen molar-refractivity contribution in [2.75, 3.05) is 32.0 Å². The molecule has 13 heteroatoms. The summed E-state index contributed by atoms with van der Waals surface area (Å²) < 4.78 is 45.4. The molecule has 0 spiro atoms. The van der Waals surface area contributed by atoms with Crippen LogP contribution in [0.4, 0.5) is 18.9 Å². The van der Waals surface area contributed by atoms with E-state index in [1.807, 2.05) is 38.7 Å². The van der Waals surface area contributed by atoms with Crippen LogP contribution < -0.4 is 5.32 Å². The fourth-order valence-corrected chi connectivity index (χ4v) is 5.62. The molecule has 9 nitrogen and oxygen atoms in total. The molecule has 254 valence electrons. The third-order valence-corrected chi connectivity index (χ3v) is 7.68. The fourth-order valence-electron chi connectivity index (χ4n) is 5.40. The summed E-state index contributed by atoms with van der Waals surface area (Å²) in [6.07, 6.45) is -2.62. The number of allylic oxidation sites excluding steroid dienone is 2. The quantitative estimate of drug-likeness (QED) is 0.118. The number of benzene rings is 2. The molecule has 1 amide bonds. The first-order valence-corrected chi connectivity index (χ1v) is 15.9. The Morgan fingerprint density at radius 3 is 2.23 bits per heavy atom. The van der Waals surface area contributed by atoms with E-state index in [2.05, 4.69) is 15.3 Å². The molecule has 1 N–H and O–H groups in total. The highest BCUT2D eigenvalue weighted by Gasteiger charge is 2.31. The molecule has 0 radical (unpaired) electrons. The predicted molar refractivity (Wildman–Crippen MR) is 181 cm³/mol. The molecule has 0 fully saturated rings. The number of amides is 1. The predicted octanol–water partition coefficient (Wildman–Crippen LogP) is 8.18. The summed E-state index contributed by atoms with van der Waals surface area (Å²) in [5, 5.41) is 2.37. The molecular weight excluding hydrogens is 633 g/mol. The van der Waals surface area contributed by atoms with E-state index >= 15 is 0 Å². The first-order valence-electron chi connectivity index (χ1n) is 15.5. The number of anilines is 1. The number of oxazole rings is 1. The number of carbonyl (C=O) groups excluding carboxylic acids is 2. The highest BCUT2D eigenvalue weighted by atomic mass is 35.5. The van der Waals surface area contributed by atoms with Gasteiger partial charge in [0.1, 0.15) is 17.9 Å². The Balaban J connectivity index is 2.14. The molecule has 0 saturated heterocycles. The molecule has 0 aliphatic carbocycles. The molecule has 0 bridgehead atoms. The molecule has 0 unspecified atom stereocenters. The number of ketones is 1. The number of Topliss-reactive ketones (excluding diaryl/α,β-unsaturated/α-hetero) is 1. The average Bonchev–Trinajstić information content (AvgIpc) is 3.38. The van der Waals surface area contributed by atoms with E-state index in [1.54, 1.807) is 31.9 Å². The van der Waals surface area contributed by atoms with Gasteiger partial charge < -0.3 is 19.5 Å². The minimum Gasteiger partial charge on any atom is -0.441 e. The summed E-state index contributed by atoms with van der Waals surface area (Å²) in [4.78, 5) is 44.2. The lowest BCUT2D eigenvalue weighted by Crippen LogP contribution is -2.40. The molecule has 0 aliphatic rings. The van der Waals surface area contributed by atoms with Crippen LogP contribution in [0.3, 0.4) is 0 Å². The lowest BCUT2D eigenvalue weighted by molar-refractivity contribution is -0.137. The van der Waals surface area contributed by atoms with Crippen LogP contribution in [0, 0.1) is 13.8 Å². The second-order valence-electron chi connectivity index (χ2n) is 11.1. The van der Waals surface area contributed by atoms with E-state index in [0.29, 0.717) is 59.6 Å². The number of aryl methyl sites for hydroxylation is 2. The van der Waals surface area contributed by atoms with Crippen LogP contribution in [0.2, 0.25) is 5.02 Å². The number of nitrogens with one attached hydrogen (secondary N) is 1. The number of aromatic nitrogens is 1. The summed E-state index contributed by atoms with van der Waals surface area (Å²) in [5.41, 5.74) is 2.99. The van der Waals surface area contributed by atoms with Crippen molar-refractivity contribution in [3.8, 4) is 0 Å². The minimum absolute atomic E-state index is 0.0218. The Morgan fingerprint density at radius 1 is 1.04 bits per heavy atom. The van der Waals surface area contributed by atoms with Crippen LogP contribution in [-0.4, -0.2) is 64.8 Å². The topological polar surface area (TPSA) is 103 Å². The molecule has 3 rings (SSSR count). The molecular formula is C34H42ClF3N6O3. The number of amidine groups is 2. The lowest BCUT2D eigenvalue weighted by atomic mass is 10.1. The van der Waals surface area contributed by atoms with Crippen molar-refractivity contribution >= 4 is 51.7 Å². The maximum atomic E-state index is 13.6. The summed E-state index contributed by atoms with van der Waals surface area (Å²) in [6, 6.07) is 6.42. The van der Waals surface area contributed by atoms with Gasteiger partial charge in [0.15, 0.2) is 23.1 Å². The highest BCUT2D eigenvalue weighted by Crippen LogP contribution is 2.34. The van der Waals surface area contributed by atoms with Gasteiger partial charge >= 0.3 is 6.18 Å². The Labute approximate surface area is 278 Å². The van der Waals surface area contributed by atoms with E-state index in [9.17, 15) is 22.8 Å². The van der Waals surface area contributed by atoms with Crippen molar-refractivity contribution in [1.82, 2.24) is 14.8 Å². The lowest BCUT2D eigenvalue weighted by Gasteiger charge is -2.33. The molecule has 47 heavy (non-hydrogen) atoms. The first-order chi connectivity index (χ1) is 22.1. The molecule has 2 aromatic carbocycles. The number of hydrogen-bond donors (Lipinski definition) is 1. The van der Waals surface area contributed by atoms with Gasteiger partial charge in [-0.3, -0.25) is 14.6 Å². The van der Waals surface area contributed by atoms with E-state index in [1.165, 1.54) is 6.92 Å². The van der Waals surface area contributed by atoms with Crippen LogP contribution in [0.5, 0.6) is 0 Å². The van der Waals surface area contributed by atoms with Gasteiger partial charge in [-0.2, -0.15) is 13.2 Å². The van der Waals surface area contributed by atoms with Crippen LogP contribution in [-0.2, 0) is 15.8 Å². The zero-order chi connectivity index (χ0) is 35.1. The molecule has 0 saturated carbocycles. The number of alkyl halides is 3. The van der Waals surface area contributed by atoms with Gasteiger partial charge in [0, 0.05) is 45.2 Å². The van der Waals surface area contributed by atoms with Gasteiger partial charge in [0.25, 0.3) is 0 Å². The normalized spacial score (nSPS) is 13.1. The molecule has 1 heterocycles. The van der Waals surface area contributed by atoms with Gasteiger partial charge in [-0.05, 0) is 69.0 Å². The number of fused-ring (bicyclic) bond motifs is 1. The third-order valence-electron chi connectivity index (χ3n) is 7.36. The van der Waals surface area contributed by atoms with Gasteiger partial charge in [-0.1, -0.05) is 32.4 Å². The van der Waals surface area contributed by atoms with Gasteiger partial charge in [0.05, 0.1) is 22.0 Å². The van der Waals surface area contributed by atoms with Crippen LogP contribution in [0.25, 0.3) is 11.1 Å². The maximum absolute atomic E-state index is 13.6. The van der Waals surface area contributed by atoms with E-state index in [0.717, 1.165) is 42.1 Å². The van der Waals surface area contributed by atoms with Crippen molar-refractivity contribution in [2.45, 2.75) is 73.9 Å². The van der Waals surface area contributed by atoms with E-state index < -0.39 is 17.6 Å². The number of carbonyl (C=O) groups is 2. The second kappa shape index (κ2) is 16.1. The number of halogens is 4. The number of rotatable bonds is 12. The fraction of sp³-hybridized carbons (Fsp3) is 0.441. The Morgan fingerprint density at radius 2 is 1.70 bits per heavy atom. The molecule has 0 atom stereocenters. The van der Waals surface area contributed by atoms with Crippen molar-refractivity contribution in [2.24, 2.45) is 9.98 Å². The van der Waals surface area contributed by atoms with Crippen LogP contribution >= 0.6 is 11.6 Å². The maximum Gasteiger partial charge on any atom is 0.416 e. The Bertz CT molecular complexity index is 1700. The van der Waals surface area contributed by atoms with Crippen LogP contribution in [0.15, 0.2) is 56.1 Å². The van der Waals surface area contributed by atoms with Gasteiger partial charge in [0.2, 0.25) is 5.91 Å². The molecule has 3 aromatic rings. The average molecular weight is 675 g/mol. The van der Waals surface area contributed by atoms with Crippen LogP contribution in [0.1, 0.15) is 76.5 Å². The highest BCUT2D eigenvalue weighted by molar-refractivity contribution is 6.33. The number of aliphatic imine (C=N–C) groups is 2. The van der Waals surface area contributed by atoms with Crippen molar-refractivity contribution < 1.29 is 27.2 Å². The first kappa shape index (κ1) is 37.3. The summed E-state index contributed by atoms with van der Waals surface area (Å²) in [6.45, 7) is 13.8. The van der Waals surface area contributed by atoms with Gasteiger partial charge in [-0.15, -0.1) is 0 Å². The molecule has 1 aromatic heterocycles. The number of nitrogens with zero attached hydrogens (tertiary/aromatic N) is 5. The Hall–Kier alpha value is -4.19. The zero-order valence-electron chi connectivity index (χ0n) is 28.1. The monoisotopic (exact) mass is 674 g/mol. The van der Waals surface area contributed by atoms with Crippen molar-refractivity contribution in [3.63, 3.8) is 0 Å². The standard InChI is InChI=1S/C34H42ClF3N6O3/c1-9-14-43(15-10-2)32(21(5)45)28(11-3)44(19-30(46)42-27-13-12-25(18-26(27)35)34(36,37)38)22(6)40-33(39-8)24-16-20(4)31-29(17-24)47-23(7)41-31/h12-13,16-18H,9-11,14-15,19H2,1-8H3,(H,42,46)/b32-28+,39-33?,40-22?. The van der Waals surface area contributed by atoms with Crippen molar-refractivity contribution in [1.29, 1.82) is 0 Å². The van der Waals surface area contributed by atoms with E-state index in [4.69, 9.17) is 21.0 Å². The summed E-state index contributed by atoms with van der Waals surface area (Å²) in [5.74, 6) is 0.514. The molecule has 0 aliphatic heterocycles. The number of hydrogen-bond acceptors (Lipinski definition) is 6. The third kappa shape index (κ3) is 9.21. The van der Waals surface area contributed by atoms with Gasteiger partial charge in [-0.25, -0.2) is 9.98 Å². The summed E-state index contributed by atoms with van der Waals surface area (Å²) in [7, 11) is 1.60. The summed E-state index contributed by atoms with van der Waals surface area (Å²) >= 11 is 6.14. The minimum atomic E-state index is -4.59. The van der Waals surface area contributed by atoms with E-state index in [-0.39, 0.29) is 23.0 Å². The smallest absolute Gasteiger partial charge is 0.416 e. The second-order valence-corrected chi connectivity index (χ2v) is 11.5. The SMILES string of the molecule is CCCN(CCC)/C(C(C)=O)=C(\CC)N(CC(=O)Nc1ccc(C(F)(F)F)cc1Cl)C(C)=NC(=NC)c1cc(C)c2nc(C)oc2c1. The Kier molecular flexibility index (Phi) is 12.7. The van der Waals surface area contributed by atoms with Crippen molar-refractivity contribution in [3.05, 3.63) is 69.3 Å². The zero-order valence-corrected chi connectivity index (χ0v) is 28.9.